The van der Waals surface area contributed by atoms with Gasteiger partial charge in [0.15, 0.2) is 5.65 Å². The van der Waals surface area contributed by atoms with E-state index < -0.39 is 0 Å². The van der Waals surface area contributed by atoms with Crippen LogP contribution in [0.25, 0.3) is 16.9 Å². The Labute approximate surface area is 205 Å². The summed E-state index contributed by atoms with van der Waals surface area (Å²) < 4.78 is 7.37. The monoisotopic (exact) mass is 471 g/mol. The highest BCUT2D eigenvalue weighted by Crippen LogP contribution is 2.30. The minimum absolute atomic E-state index is 0.00120. The number of carbonyl (C=O) groups excluding carboxylic acids is 2. The van der Waals surface area contributed by atoms with Gasteiger partial charge in [-0.3, -0.25) is 14.5 Å². The molecule has 0 saturated heterocycles. The number of hydrogen-bond donors (Lipinski definition) is 0. The van der Waals surface area contributed by atoms with Crippen LogP contribution in [0.1, 0.15) is 32.0 Å². The first kappa shape index (κ1) is 21.3. The van der Waals surface area contributed by atoms with Crippen LogP contribution in [0.15, 0.2) is 91.1 Å². The highest BCUT2D eigenvalue weighted by Gasteiger charge is 2.35. The predicted octanol–water partition coefficient (Wildman–Crippen LogP) is 4.86. The number of amides is 2. The van der Waals surface area contributed by atoms with Crippen LogP contribution in [-0.2, 0) is 6.54 Å². The number of carbonyl (C=O) groups is 2. The maximum absolute atomic E-state index is 12.9. The molecule has 3 heterocycles. The first-order chi connectivity index (χ1) is 17.6. The minimum atomic E-state index is -0.359. The number of para-hydroxylation sites is 1. The van der Waals surface area contributed by atoms with E-state index in [9.17, 15) is 14.9 Å². The maximum atomic E-state index is 12.9. The van der Waals surface area contributed by atoms with E-state index in [1.165, 1.54) is 9.42 Å². The van der Waals surface area contributed by atoms with Crippen LogP contribution in [0.2, 0.25) is 0 Å². The summed E-state index contributed by atoms with van der Waals surface area (Å²) >= 11 is 0. The van der Waals surface area contributed by atoms with Crippen LogP contribution in [0.3, 0.4) is 0 Å². The number of rotatable bonds is 5. The molecule has 172 valence electrons. The van der Waals surface area contributed by atoms with Crippen molar-refractivity contribution in [3.05, 3.63) is 114 Å². The second kappa shape index (κ2) is 8.49. The van der Waals surface area contributed by atoms with Crippen molar-refractivity contribution in [2.75, 3.05) is 0 Å². The van der Waals surface area contributed by atoms with Gasteiger partial charge in [0.25, 0.3) is 11.8 Å². The summed E-state index contributed by atoms with van der Waals surface area (Å²) in [5.74, 6) is 0.652. The molecule has 1 aliphatic heterocycles. The number of nitriles is 1. The molecule has 1 aliphatic rings. The van der Waals surface area contributed by atoms with E-state index >= 15 is 0 Å². The lowest BCUT2D eigenvalue weighted by atomic mass is 10.1. The molecular weight excluding hydrogens is 454 g/mol. The molecule has 0 saturated carbocycles. The van der Waals surface area contributed by atoms with Crippen LogP contribution >= 0.6 is 0 Å². The maximum Gasteiger partial charge on any atom is 0.261 e. The van der Waals surface area contributed by atoms with Crippen LogP contribution in [0, 0.1) is 11.3 Å². The fourth-order valence-electron chi connectivity index (χ4n) is 4.27. The van der Waals surface area contributed by atoms with Gasteiger partial charge in [-0.15, -0.1) is 0 Å². The zero-order valence-electron chi connectivity index (χ0n) is 18.8. The molecule has 0 aliphatic carbocycles. The van der Waals surface area contributed by atoms with Crippen LogP contribution in [0.4, 0.5) is 0 Å². The molecule has 0 radical (unpaired) electrons. The Balaban J connectivity index is 1.34. The molecule has 0 N–H and O–H groups in total. The van der Waals surface area contributed by atoms with E-state index in [-0.39, 0.29) is 18.4 Å². The normalized spacial score (nSPS) is 12.6. The highest BCUT2D eigenvalue weighted by atomic mass is 16.5. The van der Waals surface area contributed by atoms with E-state index in [1.807, 2.05) is 42.5 Å². The zero-order valence-corrected chi connectivity index (χ0v) is 18.8. The lowest BCUT2D eigenvalue weighted by Crippen LogP contribution is -2.30. The molecule has 2 amide bonds. The van der Waals surface area contributed by atoms with Gasteiger partial charge in [-0.1, -0.05) is 30.3 Å². The van der Waals surface area contributed by atoms with Gasteiger partial charge in [0.2, 0.25) is 0 Å². The Morgan fingerprint density at radius 3 is 2.11 bits per heavy atom. The van der Waals surface area contributed by atoms with Crippen molar-refractivity contribution >= 4 is 17.5 Å². The van der Waals surface area contributed by atoms with Gasteiger partial charge >= 0.3 is 0 Å². The Kier molecular flexibility index (Phi) is 5.01. The van der Waals surface area contributed by atoms with Crippen molar-refractivity contribution in [1.82, 2.24) is 19.5 Å². The molecule has 0 atom stereocenters. The first-order valence-corrected chi connectivity index (χ1v) is 11.2. The van der Waals surface area contributed by atoms with Gasteiger partial charge in [-0.25, -0.2) is 9.50 Å². The largest absolute Gasteiger partial charge is 0.457 e. The molecule has 0 bridgehead atoms. The topological polar surface area (TPSA) is 101 Å². The second-order valence-corrected chi connectivity index (χ2v) is 8.19. The van der Waals surface area contributed by atoms with E-state index in [0.717, 1.165) is 5.75 Å². The van der Waals surface area contributed by atoms with E-state index in [4.69, 9.17) is 4.74 Å². The van der Waals surface area contributed by atoms with Gasteiger partial charge in [-0.2, -0.15) is 10.4 Å². The molecular formula is C28H17N5O3. The van der Waals surface area contributed by atoms with Crippen molar-refractivity contribution in [2.24, 2.45) is 0 Å². The highest BCUT2D eigenvalue weighted by molar-refractivity contribution is 6.21. The summed E-state index contributed by atoms with van der Waals surface area (Å²) in [7, 11) is 0. The summed E-state index contributed by atoms with van der Waals surface area (Å²) in [5.41, 5.74) is 3.13. The molecule has 0 unspecified atom stereocenters. The summed E-state index contributed by atoms with van der Waals surface area (Å²) in [5, 5.41) is 14.6. The smallest absolute Gasteiger partial charge is 0.261 e. The molecule has 8 heteroatoms. The number of imide groups is 1. The van der Waals surface area contributed by atoms with E-state index in [2.05, 4.69) is 16.2 Å². The second-order valence-electron chi connectivity index (χ2n) is 8.19. The number of hydrogen-bond acceptors (Lipinski definition) is 6. The third kappa shape index (κ3) is 3.47. The van der Waals surface area contributed by atoms with Crippen molar-refractivity contribution in [3.8, 4) is 28.8 Å². The lowest BCUT2D eigenvalue weighted by molar-refractivity contribution is 0.0639. The molecule has 2 aromatic heterocycles. The molecule has 3 aromatic carbocycles. The third-order valence-electron chi connectivity index (χ3n) is 6.01. The fourth-order valence-corrected chi connectivity index (χ4v) is 4.27. The number of nitrogens with zero attached hydrogens (tertiary/aromatic N) is 5. The molecule has 6 rings (SSSR count). The van der Waals surface area contributed by atoms with Crippen LogP contribution in [0.5, 0.6) is 11.5 Å². The predicted molar refractivity (Wildman–Crippen MR) is 130 cm³/mol. The standard InChI is InChI=1S/C28H17N5O3/c29-16-24-25(18-10-12-21(13-11-18)36-20-6-2-1-3-7-20)31-33-19(14-15-30-26(24)33)17-32-27(34)22-8-4-5-9-23(22)28(32)35/h1-15H,17H2. The number of fused-ring (bicyclic) bond motifs is 2. The van der Waals surface area contributed by atoms with Crippen molar-refractivity contribution in [1.29, 1.82) is 5.26 Å². The fraction of sp³-hybridized carbons (Fsp3) is 0.0357. The lowest BCUT2D eigenvalue weighted by Gasteiger charge is -2.14. The van der Waals surface area contributed by atoms with Gasteiger partial charge in [0.1, 0.15) is 28.8 Å². The van der Waals surface area contributed by atoms with Gasteiger partial charge in [0.05, 0.1) is 23.4 Å². The van der Waals surface area contributed by atoms with Gasteiger partial charge in [0, 0.05) is 11.8 Å². The van der Waals surface area contributed by atoms with E-state index in [1.54, 1.807) is 48.7 Å². The number of ether oxygens (including phenoxy) is 1. The Hall–Kier alpha value is -5.29. The first-order valence-electron chi connectivity index (χ1n) is 11.2. The summed E-state index contributed by atoms with van der Waals surface area (Å²) in [4.78, 5) is 31.2. The van der Waals surface area contributed by atoms with Crippen molar-refractivity contribution < 1.29 is 14.3 Å². The molecule has 5 aromatic rings. The minimum Gasteiger partial charge on any atom is -0.457 e. The molecule has 36 heavy (non-hydrogen) atoms. The summed E-state index contributed by atoms with van der Waals surface area (Å²) in [6.07, 6.45) is 1.55. The Morgan fingerprint density at radius 2 is 1.44 bits per heavy atom. The number of aromatic nitrogens is 3. The van der Waals surface area contributed by atoms with Crippen LogP contribution < -0.4 is 4.74 Å². The average Bonchev–Trinajstić information content (AvgIpc) is 3.41. The quantitative estimate of drug-likeness (QED) is 0.340. The third-order valence-corrected chi connectivity index (χ3v) is 6.01. The van der Waals surface area contributed by atoms with Crippen molar-refractivity contribution in [3.63, 3.8) is 0 Å². The SMILES string of the molecule is N#Cc1c(-c2ccc(Oc3ccccc3)cc2)nn2c(CN3C(=O)c4ccccc4C3=O)ccnc12. The Bertz CT molecular complexity index is 1650. The van der Waals surface area contributed by atoms with E-state index in [0.29, 0.717) is 45.0 Å². The Morgan fingerprint density at radius 1 is 0.806 bits per heavy atom. The molecule has 0 spiro atoms. The zero-order chi connectivity index (χ0) is 24.6. The average molecular weight is 471 g/mol. The molecule has 0 fully saturated rings. The van der Waals surface area contributed by atoms with Gasteiger partial charge in [-0.05, 0) is 54.6 Å². The summed E-state index contributed by atoms with van der Waals surface area (Å²) in [6.45, 7) is 0.00120. The van der Waals surface area contributed by atoms with Crippen molar-refractivity contribution in [2.45, 2.75) is 6.54 Å². The number of benzene rings is 3. The molecule has 8 nitrogen and oxygen atoms in total. The van der Waals surface area contributed by atoms with Gasteiger partial charge < -0.3 is 4.74 Å². The summed E-state index contributed by atoms with van der Waals surface area (Å²) in [6, 6.07) is 27.3. The van der Waals surface area contributed by atoms with Crippen LogP contribution in [-0.4, -0.2) is 31.3 Å².